The zero-order valence-electron chi connectivity index (χ0n) is 15.1. The fraction of sp³-hybridized carbons (Fsp3) is 0.611. The van der Waals surface area contributed by atoms with Crippen molar-refractivity contribution in [2.75, 3.05) is 33.3 Å². The van der Waals surface area contributed by atoms with Gasteiger partial charge in [-0.1, -0.05) is 0 Å². The zero-order chi connectivity index (χ0) is 18.2. The molecule has 6 nitrogen and oxygen atoms in total. The van der Waals surface area contributed by atoms with Gasteiger partial charge in [0.1, 0.15) is 5.75 Å². The van der Waals surface area contributed by atoms with E-state index in [0.717, 1.165) is 24.0 Å². The van der Waals surface area contributed by atoms with E-state index in [-0.39, 0.29) is 11.8 Å². The summed E-state index contributed by atoms with van der Waals surface area (Å²) >= 11 is 0. The summed E-state index contributed by atoms with van der Waals surface area (Å²) in [5.41, 5.74) is 1.55. The quantitative estimate of drug-likeness (QED) is 0.817. The van der Waals surface area contributed by atoms with Crippen LogP contribution in [-0.4, -0.2) is 56.8 Å². The van der Waals surface area contributed by atoms with Crippen LogP contribution >= 0.6 is 0 Å². The number of hydrogen-bond donors (Lipinski definition) is 0. The normalized spacial score (nSPS) is 19.6. The van der Waals surface area contributed by atoms with Crippen LogP contribution < -0.4 is 4.74 Å². The van der Waals surface area contributed by atoms with Crippen LogP contribution in [0.5, 0.6) is 5.75 Å². The van der Waals surface area contributed by atoms with Crippen LogP contribution in [-0.2, 0) is 14.8 Å². The predicted molar refractivity (Wildman–Crippen MR) is 95.1 cm³/mol. The Balaban J connectivity index is 1.80. The van der Waals surface area contributed by atoms with E-state index in [2.05, 4.69) is 0 Å². The molecule has 0 unspecified atom stereocenters. The van der Waals surface area contributed by atoms with Crippen LogP contribution in [0.15, 0.2) is 17.0 Å². The Morgan fingerprint density at radius 2 is 1.80 bits per heavy atom. The van der Waals surface area contributed by atoms with Crippen molar-refractivity contribution >= 4 is 15.9 Å². The molecular weight excluding hydrogens is 340 g/mol. The predicted octanol–water partition coefficient (Wildman–Crippen LogP) is 1.95. The molecule has 1 amide bonds. The highest BCUT2D eigenvalue weighted by Gasteiger charge is 2.35. The van der Waals surface area contributed by atoms with Gasteiger partial charge in [-0.3, -0.25) is 4.79 Å². The molecule has 0 N–H and O–H groups in total. The van der Waals surface area contributed by atoms with E-state index in [4.69, 9.17) is 4.74 Å². The molecule has 1 aliphatic heterocycles. The summed E-state index contributed by atoms with van der Waals surface area (Å²) in [4.78, 5) is 14.4. The average Bonchev–Trinajstić information content (AvgIpc) is 3.43. The Morgan fingerprint density at radius 1 is 1.08 bits per heavy atom. The molecule has 0 radical (unpaired) electrons. The van der Waals surface area contributed by atoms with Crippen molar-refractivity contribution < 1.29 is 17.9 Å². The van der Waals surface area contributed by atoms with Gasteiger partial charge in [0.15, 0.2) is 0 Å². The van der Waals surface area contributed by atoms with Gasteiger partial charge < -0.3 is 9.64 Å². The minimum absolute atomic E-state index is 0.176. The molecule has 7 heteroatoms. The van der Waals surface area contributed by atoms with Gasteiger partial charge in [-0.05, 0) is 56.4 Å². The summed E-state index contributed by atoms with van der Waals surface area (Å²) in [6.07, 6.45) is 2.62. The van der Waals surface area contributed by atoms with Crippen molar-refractivity contribution in [3.05, 3.63) is 23.3 Å². The molecular formula is C18H26N2O4S. The van der Waals surface area contributed by atoms with Crippen molar-refractivity contribution in [2.24, 2.45) is 5.92 Å². The van der Waals surface area contributed by atoms with Gasteiger partial charge in [0.2, 0.25) is 15.9 Å². The summed E-state index contributed by atoms with van der Waals surface area (Å²) in [5.74, 6) is 1.05. The number of carbonyl (C=O) groups excluding carboxylic acids is 1. The minimum atomic E-state index is -3.58. The van der Waals surface area contributed by atoms with E-state index in [1.165, 1.54) is 4.31 Å². The lowest BCUT2D eigenvalue weighted by molar-refractivity contribution is -0.132. The highest BCUT2D eigenvalue weighted by molar-refractivity contribution is 7.89. The van der Waals surface area contributed by atoms with Crippen molar-refractivity contribution in [2.45, 2.75) is 38.0 Å². The van der Waals surface area contributed by atoms with Crippen molar-refractivity contribution in [3.63, 3.8) is 0 Å². The number of nitrogens with zero attached hydrogens (tertiary/aromatic N) is 2. The van der Waals surface area contributed by atoms with E-state index in [9.17, 15) is 13.2 Å². The van der Waals surface area contributed by atoms with Crippen LogP contribution in [0.1, 0.15) is 30.4 Å². The van der Waals surface area contributed by atoms with E-state index in [0.29, 0.717) is 43.2 Å². The second kappa shape index (κ2) is 6.96. The Morgan fingerprint density at radius 3 is 2.44 bits per heavy atom. The second-order valence-corrected chi connectivity index (χ2v) is 8.78. The highest BCUT2D eigenvalue weighted by atomic mass is 32.2. The smallest absolute Gasteiger partial charge is 0.243 e. The topological polar surface area (TPSA) is 66.9 Å². The van der Waals surface area contributed by atoms with E-state index < -0.39 is 10.0 Å². The lowest BCUT2D eigenvalue weighted by Gasteiger charge is -2.23. The molecule has 1 aromatic rings. The molecule has 0 bridgehead atoms. The van der Waals surface area contributed by atoms with Gasteiger partial charge in [0.25, 0.3) is 0 Å². The van der Waals surface area contributed by atoms with Gasteiger partial charge in [0.05, 0.1) is 12.0 Å². The molecule has 1 aliphatic carbocycles. The maximum absolute atomic E-state index is 13.1. The SMILES string of the molecule is COc1ccc(S(=O)(=O)N2CCCN(C(=O)C3CC3)CC2)c(C)c1C. The summed E-state index contributed by atoms with van der Waals surface area (Å²) in [6.45, 7) is 5.59. The molecule has 3 rings (SSSR count). The standard InChI is InChI=1S/C18H26N2O4S/c1-13-14(2)17(8-7-16(13)24-3)25(22,23)20-10-4-9-19(11-12-20)18(21)15-5-6-15/h7-8,15H,4-6,9-12H2,1-3H3. The lowest BCUT2D eigenvalue weighted by Crippen LogP contribution is -2.38. The first-order chi connectivity index (χ1) is 11.9. The molecule has 138 valence electrons. The number of ether oxygens (including phenoxy) is 1. The molecule has 1 saturated carbocycles. The first-order valence-corrected chi connectivity index (χ1v) is 10.2. The van der Waals surface area contributed by atoms with Gasteiger partial charge in [-0.25, -0.2) is 8.42 Å². The fourth-order valence-electron chi connectivity index (χ4n) is 3.35. The van der Waals surface area contributed by atoms with Crippen LogP contribution in [0, 0.1) is 19.8 Å². The number of rotatable bonds is 4. The van der Waals surface area contributed by atoms with E-state index >= 15 is 0 Å². The molecule has 0 spiro atoms. The molecule has 25 heavy (non-hydrogen) atoms. The van der Waals surface area contributed by atoms with Crippen molar-refractivity contribution in [3.8, 4) is 5.75 Å². The molecule has 0 atom stereocenters. The van der Waals surface area contributed by atoms with E-state index in [1.807, 2.05) is 18.7 Å². The first kappa shape index (κ1) is 18.2. The zero-order valence-corrected chi connectivity index (χ0v) is 15.9. The van der Waals surface area contributed by atoms with Gasteiger partial charge in [-0.15, -0.1) is 0 Å². The molecule has 1 saturated heterocycles. The summed E-state index contributed by atoms with van der Waals surface area (Å²) < 4.78 is 33.0. The van der Waals surface area contributed by atoms with Gasteiger partial charge >= 0.3 is 0 Å². The summed E-state index contributed by atoms with van der Waals surface area (Å²) in [7, 11) is -2.00. The summed E-state index contributed by atoms with van der Waals surface area (Å²) in [5, 5.41) is 0. The fourth-order valence-corrected chi connectivity index (χ4v) is 5.10. The Kier molecular flexibility index (Phi) is 5.06. The maximum Gasteiger partial charge on any atom is 0.243 e. The minimum Gasteiger partial charge on any atom is -0.496 e. The molecule has 2 aliphatic rings. The Hall–Kier alpha value is -1.60. The monoisotopic (exact) mass is 366 g/mol. The van der Waals surface area contributed by atoms with Gasteiger partial charge in [-0.2, -0.15) is 4.31 Å². The highest BCUT2D eigenvalue weighted by Crippen LogP contribution is 2.32. The number of amides is 1. The Labute approximate surface area is 149 Å². The Bertz CT molecular complexity index is 772. The molecule has 1 heterocycles. The first-order valence-electron chi connectivity index (χ1n) is 8.79. The van der Waals surface area contributed by atoms with Crippen LogP contribution in [0.3, 0.4) is 0 Å². The average molecular weight is 366 g/mol. The third kappa shape index (κ3) is 3.53. The van der Waals surface area contributed by atoms with Crippen LogP contribution in [0.25, 0.3) is 0 Å². The van der Waals surface area contributed by atoms with Gasteiger partial charge in [0, 0.05) is 32.1 Å². The number of sulfonamides is 1. The third-order valence-corrected chi connectivity index (χ3v) is 7.26. The van der Waals surface area contributed by atoms with Crippen LogP contribution in [0.4, 0.5) is 0 Å². The molecule has 0 aromatic heterocycles. The van der Waals surface area contributed by atoms with Crippen molar-refractivity contribution in [1.82, 2.24) is 9.21 Å². The second-order valence-electron chi connectivity index (χ2n) is 6.87. The summed E-state index contributed by atoms with van der Waals surface area (Å²) in [6, 6.07) is 3.32. The number of hydrogen-bond acceptors (Lipinski definition) is 4. The number of methoxy groups -OCH3 is 1. The van der Waals surface area contributed by atoms with E-state index in [1.54, 1.807) is 19.2 Å². The number of carbonyl (C=O) groups is 1. The number of benzene rings is 1. The third-order valence-electron chi connectivity index (χ3n) is 5.22. The van der Waals surface area contributed by atoms with Crippen molar-refractivity contribution in [1.29, 1.82) is 0 Å². The lowest BCUT2D eigenvalue weighted by atomic mass is 10.1. The molecule has 2 fully saturated rings. The van der Waals surface area contributed by atoms with Crippen LogP contribution in [0.2, 0.25) is 0 Å². The maximum atomic E-state index is 13.1. The largest absolute Gasteiger partial charge is 0.496 e. The molecule has 1 aromatic carbocycles.